The lowest BCUT2D eigenvalue weighted by Gasteiger charge is -2.15. The Hall–Kier alpha value is -4.08. The number of hydrogen-bond donors (Lipinski definition) is 2. The average Bonchev–Trinajstić information content (AvgIpc) is 3.45. The Morgan fingerprint density at radius 1 is 1.11 bits per heavy atom. The minimum Gasteiger partial charge on any atom is -0.457 e. The molecule has 0 bridgehead atoms. The summed E-state index contributed by atoms with van der Waals surface area (Å²) in [5.74, 6) is 1.78. The zero-order valence-electron chi connectivity index (χ0n) is 19.1. The number of rotatable bonds is 6. The second-order valence-electron chi connectivity index (χ2n) is 8.19. The van der Waals surface area contributed by atoms with Crippen LogP contribution in [0.1, 0.15) is 18.2 Å². The van der Waals surface area contributed by atoms with Crippen molar-refractivity contribution < 1.29 is 17.9 Å². The van der Waals surface area contributed by atoms with E-state index in [-0.39, 0.29) is 18.1 Å². The number of hydrogen-bond acceptors (Lipinski definition) is 6. The zero-order valence-corrected chi connectivity index (χ0v) is 19.1. The van der Waals surface area contributed by atoms with Crippen LogP contribution in [0.25, 0.3) is 11.0 Å². The van der Waals surface area contributed by atoms with E-state index in [1.807, 2.05) is 48.0 Å². The Morgan fingerprint density at radius 3 is 2.69 bits per heavy atom. The van der Waals surface area contributed by atoms with Crippen LogP contribution in [-0.2, 0) is 13.5 Å². The maximum Gasteiger partial charge on any atom is 0.410 e. The smallest absolute Gasteiger partial charge is 0.410 e. The molecule has 2 aromatic carbocycles. The lowest BCUT2D eigenvalue weighted by molar-refractivity contribution is -0.147. The molecule has 5 rings (SSSR count). The van der Waals surface area contributed by atoms with E-state index < -0.39 is 12.2 Å². The molecule has 10 heteroatoms. The van der Waals surface area contributed by atoms with Crippen molar-refractivity contribution in [3.63, 3.8) is 0 Å². The molecule has 0 spiro atoms. The molecule has 35 heavy (non-hydrogen) atoms. The Morgan fingerprint density at radius 2 is 1.91 bits per heavy atom. The van der Waals surface area contributed by atoms with Crippen molar-refractivity contribution in [2.75, 3.05) is 11.9 Å². The lowest BCUT2D eigenvalue weighted by Crippen LogP contribution is -2.42. The average molecular weight is 480 g/mol. The number of para-hydroxylation sites is 1. The van der Waals surface area contributed by atoms with E-state index in [1.165, 1.54) is 11.8 Å². The molecular weight excluding hydrogens is 457 g/mol. The Balaban J connectivity index is 1.36. The fraction of sp³-hybridized carbons (Fsp3) is 0.240. The van der Waals surface area contributed by atoms with Gasteiger partial charge in [-0.1, -0.05) is 25.1 Å². The first kappa shape index (κ1) is 22.7. The number of nitrogens with one attached hydrogen (secondary N) is 2. The van der Waals surface area contributed by atoms with Crippen LogP contribution < -0.4 is 15.4 Å². The molecule has 180 valence electrons. The summed E-state index contributed by atoms with van der Waals surface area (Å²) >= 11 is 0. The van der Waals surface area contributed by atoms with Crippen LogP contribution >= 0.6 is 0 Å². The topological polar surface area (TPSA) is 76.4 Å². The van der Waals surface area contributed by atoms with Crippen LogP contribution in [0.3, 0.4) is 0 Å². The number of amidine groups is 1. The first-order chi connectivity index (χ1) is 16.8. The molecule has 7 nitrogen and oxygen atoms in total. The second kappa shape index (κ2) is 8.94. The van der Waals surface area contributed by atoms with Crippen molar-refractivity contribution in [2.45, 2.75) is 25.6 Å². The highest BCUT2D eigenvalue weighted by molar-refractivity contribution is 5.98. The predicted molar refractivity (Wildman–Crippen MR) is 129 cm³/mol. The zero-order chi connectivity index (χ0) is 24.6. The molecule has 2 aromatic heterocycles. The first-order valence-electron chi connectivity index (χ1n) is 11.1. The number of imidazole rings is 1. The molecule has 1 aliphatic rings. The van der Waals surface area contributed by atoms with Gasteiger partial charge in [-0.3, -0.25) is 9.98 Å². The van der Waals surface area contributed by atoms with Crippen LogP contribution in [0.4, 0.5) is 24.8 Å². The third-order valence-corrected chi connectivity index (χ3v) is 5.84. The summed E-state index contributed by atoms with van der Waals surface area (Å²) in [6.45, 7) is 1.73. The summed E-state index contributed by atoms with van der Waals surface area (Å²) in [5, 5.41) is 5.79. The summed E-state index contributed by atoms with van der Waals surface area (Å²) in [7, 11) is 1.94. The number of alkyl halides is 3. The van der Waals surface area contributed by atoms with Crippen molar-refractivity contribution in [3.8, 4) is 11.5 Å². The number of aryl methyl sites for hydroxylation is 2. The highest BCUT2D eigenvalue weighted by Crippen LogP contribution is 2.29. The number of fused-ring (bicyclic) bond motifs is 1. The fourth-order valence-corrected chi connectivity index (χ4v) is 3.95. The van der Waals surface area contributed by atoms with Gasteiger partial charge in [0.25, 0.3) is 0 Å². The molecular formula is C25H23F3N6O. The highest BCUT2D eigenvalue weighted by atomic mass is 19.4. The van der Waals surface area contributed by atoms with Gasteiger partial charge in [0, 0.05) is 31.1 Å². The number of aromatic nitrogens is 3. The van der Waals surface area contributed by atoms with E-state index in [2.05, 4.69) is 33.6 Å². The molecule has 3 heterocycles. The van der Waals surface area contributed by atoms with Crippen LogP contribution in [0.2, 0.25) is 0 Å². The second-order valence-corrected chi connectivity index (χ2v) is 8.19. The van der Waals surface area contributed by atoms with Crippen LogP contribution in [0.15, 0.2) is 65.8 Å². The van der Waals surface area contributed by atoms with Gasteiger partial charge in [0.2, 0.25) is 5.95 Å². The minimum absolute atomic E-state index is 0.0982. The number of anilines is 2. The van der Waals surface area contributed by atoms with Crippen molar-refractivity contribution in [1.82, 2.24) is 19.9 Å². The van der Waals surface area contributed by atoms with Crippen molar-refractivity contribution in [1.29, 1.82) is 0 Å². The number of pyridine rings is 1. The van der Waals surface area contributed by atoms with E-state index >= 15 is 0 Å². The molecule has 0 fully saturated rings. The molecule has 0 amide bonds. The number of aliphatic imine (C=N–C) groups is 1. The van der Waals surface area contributed by atoms with Gasteiger partial charge >= 0.3 is 6.18 Å². The van der Waals surface area contributed by atoms with Gasteiger partial charge in [-0.15, -0.1) is 0 Å². The summed E-state index contributed by atoms with van der Waals surface area (Å²) in [4.78, 5) is 12.8. The highest BCUT2D eigenvalue weighted by Gasteiger charge is 2.42. The van der Waals surface area contributed by atoms with E-state index in [9.17, 15) is 13.2 Å². The number of benzene rings is 2. The fourth-order valence-electron chi connectivity index (χ4n) is 3.95. The summed E-state index contributed by atoms with van der Waals surface area (Å²) in [6.07, 6.45) is -2.00. The van der Waals surface area contributed by atoms with Gasteiger partial charge in [0.15, 0.2) is 0 Å². The normalized spacial score (nSPS) is 15.7. The Bertz CT molecular complexity index is 1410. The number of halogens is 3. The minimum atomic E-state index is -4.37. The molecule has 1 unspecified atom stereocenters. The van der Waals surface area contributed by atoms with Gasteiger partial charge < -0.3 is 19.9 Å². The molecule has 0 saturated carbocycles. The quantitative estimate of drug-likeness (QED) is 0.389. The maximum absolute atomic E-state index is 12.9. The molecule has 1 atom stereocenters. The monoisotopic (exact) mass is 480 g/mol. The Kier molecular flexibility index (Phi) is 5.80. The third kappa shape index (κ3) is 4.64. The summed E-state index contributed by atoms with van der Waals surface area (Å²) in [5.41, 5.74) is 4.15. The van der Waals surface area contributed by atoms with Crippen LogP contribution in [0, 0.1) is 0 Å². The van der Waals surface area contributed by atoms with Gasteiger partial charge in [-0.25, -0.2) is 4.98 Å². The largest absolute Gasteiger partial charge is 0.457 e. The first-order valence-corrected chi connectivity index (χ1v) is 11.1. The molecule has 4 aromatic rings. The lowest BCUT2D eigenvalue weighted by atomic mass is 10.1. The Labute approximate surface area is 199 Å². The molecule has 0 radical (unpaired) electrons. The van der Waals surface area contributed by atoms with Gasteiger partial charge in [-0.2, -0.15) is 13.2 Å². The molecule has 2 N–H and O–H groups in total. The van der Waals surface area contributed by atoms with Crippen molar-refractivity contribution in [3.05, 3.63) is 72.1 Å². The van der Waals surface area contributed by atoms with Crippen LogP contribution in [0.5, 0.6) is 11.5 Å². The van der Waals surface area contributed by atoms with E-state index in [1.54, 1.807) is 12.1 Å². The van der Waals surface area contributed by atoms with Crippen molar-refractivity contribution >= 4 is 28.5 Å². The summed E-state index contributed by atoms with van der Waals surface area (Å²) in [6, 6.07) is 15.1. The standard InChI is InChI=1S/C25H23F3N6O/c1-3-15-6-4-5-7-18(15)31-24-32-19-12-16(8-9-21(19)34(24)2)35-17-10-11-29-20(13-17)23-30-14-22(33-23)25(26,27)28/h4-13,22H,3,14H2,1-2H3,(H,30,33)(H,31,32). The van der Waals surface area contributed by atoms with Gasteiger partial charge in [-0.05, 0) is 36.2 Å². The molecule has 0 aliphatic carbocycles. The van der Waals surface area contributed by atoms with Gasteiger partial charge in [0.05, 0.1) is 17.6 Å². The molecule has 0 saturated heterocycles. The van der Waals surface area contributed by atoms with Gasteiger partial charge in [0.1, 0.15) is 29.1 Å². The third-order valence-electron chi connectivity index (χ3n) is 5.84. The SMILES string of the molecule is CCc1ccccc1Nc1nc2cc(Oc3ccnc(C4=NCC(C(F)(F)F)N4)c3)ccc2n1C. The van der Waals surface area contributed by atoms with E-state index in [4.69, 9.17) is 9.72 Å². The summed E-state index contributed by atoms with van der Waals surface area (Å²) < 4.78 is 46.8. The van der Waals surface area contributed by atoms with Crippen molar-refractivity contribution in [2.24, 2.45) is 12.0 Å². The maximum atomic E-state index is 12.9. The van der Waals surface area contributed by atoms with E-state index in [0.29, 0.717) is 17.4 Å². The number of nitrogens with zero attached hydrogens (tertiary/aromatic N) is 4. The molecule has 1 aliphatic heterocycles. The van der Waals surface area contributed by atoms with Crippen LogP contribution in [-0.4, -0.2) is 39.1 Å². The number of ether oxygens (including phenoxy) is 1. The van der Waals surface area contributed by atoms with E-state index in [0.717, 1.165) is 23.1 Å². The predicted octanol–water partition coefficient (Wildman–Crippen LogP) is 5.35.